The van der Waals surface area contributed by atoms with Gasteiger partial charge in [-0.05, 0) is 69.9 Å². The second-order valence-corrected chi connectivity index (χ2v) is 7.48. The Morgan fingerprint density at radius 1 is 1.25 bits per heavy atom. The van der Waals surface area contributed by atoms with Gasteiger partial charge in [-0.3, -0.25) is 4.79 Å². The minimum Gasteiger partial charge on any atom is -0.484 e. The zero-order chi connectivity index (χ0) is 20.1. The van der Waals surface area contributed by atoms with Crippen LogP contribution in [0.15, 0.2) is 29.4 Å². The van der Waals surface area contributed by atoms with Gasteiger partial charge in [-0.25, -0.2) is 5.43 Å². The molecule has 0 saturated carbocycles. The number of amides is 1. The monoisotopic (exact) mass is 383 g/mol. The van der Waals surface area contributed by atoms with Gasteiger partial charge in [0.25, 0.3) is 5.91 Å². The number of aromatic nitrogens is 1. The molecule has 1 aromatic carbocycles. The van der Waals surface area contributed by atoms with E-state index in [1.54, 1.807) is 6.21 Å². The average Bonchev–Trinajstić information content (AvgIpc) is 3.23. The molecule has 150 valence electrons. The number of ether oxygens (including phenoxy) is 2. The van der Waals surface area contributed by atoms with Crippen molar-refractivity contribution in [3.63, 3.8) is 0 Å². The summed E-state index contributed by atoms with van der Waals surface area (Å²) in [5.41, 5.74) is 8.02. The minimum absolute atomic E-state index is 0.0712. The first-order chi connectivity index (χ1) is 13.4. The number of rotatable bonds is 7. The minimum atomic E-state index is -0.288. The number of hydrogen-bond donors (Lipinski definition) is 1. The highest BCUT2D eigenvalue weighted by Crippen LogP contribution is 2.19. The van der Waals surface area contributed by atoms with E-state index in [1.807, 2.05) is 26.0 Å². The standard InChI is InChI=1S/C22H29N3O3/c1-15-8-16(2)10-21(9-15)28-14-22(26)24-23-12-19-11-17(3)25(18(19)4)13-20-6-5-7-27-20/h8-12,20H,5-7,13-14H2,1-4H3,(H,24,26)/b23-12-/t20-/m1/s1. The molecule has 0 aliphatic carbocycles. The Bertz CT molecular complexity index is 844. The molecule has 0 spiro atoms. The van der Waals surface area contributed by atoms with Gasteiger partial charge in [-0.15, -0.1) is 0 Å². The third kappa shape index (κ3) is 5.23. The molecule has 6 heteroatoms. The van der Waals surface area contributed by atoms with Crippen molar-refractivity contribution in [2.75, 3.05) is 13.2 Å². The molecule has 1 aliphatic rings. The van der Waals surface area contributed by atoms with Crippen LogP contribution in [0.5, 0.6) is 5.75 Å². The van der Waals surface area contributed by atoms with Gasteiger partial charge in [0.1, 0.15) is 5.75 Å². The Balaban J connectivity index is 1.53. The van der Waals surface area contributed by atoms with Crippen LogP contribution in [0.2, 0.25) is 0 Å². The summed E-state index contributed by atoms with van der Waals surface area (Å²) < 4.78 is 13.5. The van der Waals surface area contributed by atoms with Crippen LogP contribution in [0.25, 0.3) is 0 Å². The first-order valence-electron chi connectivity index (χ1n) is 9.73. The number of carbonyl (C=O) groups excluding carboxylic acids is 1. The molecule has 2 heterocycles. The van der Waals surface area contributed by atoms with Crippen LogP contribution in [0.3, 0.4) is 0 Å². The Morgan fingerprint density at radius 3 is 2.68 bits per heavy atom. The lowest BCUT2D eigenvalue weighted by molar-refractivity contribution is -0.123. The first-order valence-corrected chi connectivity index (χ1v) is 9.73. The highest BCUT2D eigenvalue weighted by molar-refractivity contribution is 5.84. The van der Waals surface area contributed by atoms with Crippen LogP contribution in [0.4, 0.5) is 0 Å². The van der Waals surface area contributed by atoms with E-state index < -0.39 is 0 Å². The third-order valence-electron chi connectivity index (χ3n) is 4.98. The SMILES string of the molecule is Cc1cc(C)cc(OCC(=O)N/N=C\c2cc(C)n(C[C@H]3CCCO3)c2C)c1. The number of hydrogen-bond acceptors (Lipinski definition) is 4. The van der Waals surface area contributed by atoms with Crippen molar-refractivity contribution in [1.29, 1.82) is 0 Å². The summed E-state index contributed by atoms with van der Waals surface area (Å²) in [5, 5.41) is 4.09. The molecule has 1 amide bonds. The van der Waals surface area contributed by atoms with Crippen molar-refractivity contribution in [2.24, 2.45) is 5.10 Å². The number of carbonyl (C=O) groups is 1. The largest absolute Gasteiger partial charge is 0.484 e. The van der Waals surface area contributed by atoms with Gasteiger partial charge in [0.2, 0.25) is 0 Å². The van der Waals surface area contributed by atoms with E-state index in [1.165, 1.54) is 5.69 Å². The number of benzene rings is 1. The Hall–Kier alpha value is -2.60. The fourth-order valence-electron chi connectivity index (χ4n) is 3.60. The zero-order valence-corrected chi connectivity index (χ0v) is 17.1. The summed E-state index contributed by atoms with van der Waals surface area (Å²) in [5.74, 6) is 0.401. The van der Waals surface area contributed by atoms with Crippen molar-refractivity contribution in [2.45, 2.75) is 53.2 Å². The Labute approximate surface area is 166 Å². The molecular formula is C22H29N3O3. The van der Waals surface area contributed by atoms with Crippen molar-refractivity contribution in [1.82, 2.24) is 9.99 Å². The number of hydrazone groups is 1. The van der Waals surface area contributed by atoms with Gasteiger partial charge in [0.05, 0.1) is 12.3 Å². The number of nitrogens with one attached hydrogen (secondary N) is 1. The third-order valence-corrected chi connectivity index (χ3v) is 4.98. The lowest BCUT2D eigenvalue weighted by Gasteiger charge is -2.14. The smallest absolute Gasteiger partial charge is 0.277 e. The van der Waals surface area contributed by atoms with E-state index in [0.717, 1.165) is 48.4 Å². The summed E-state index contributed by atoms with van der Waals surface area (Å²) in [6, 6.07) is 7.96. The van der Waals surface area contributed by atoms with Crippen molar-refractivity contribution in [3.8, 4) is 5.75 Å². The normalized spacial score (nSPS) is 16.6. The van der Waals surface area contributed by atoms with Gasteiger partial charge in [-0.2, -0.15) is 5.10 Å². The highest BCUT2D eigenvalue weighted by Gasteiger charge is 2.18. The van der Waals surface area contributed by atoms with Crippen LogP contribution in [0.1, 0.15) is 40.9 Å². The second kappa shape index (κ2) is 9.06. The summed E-state index contributed by atoms with van der Waals surface area (Å²) in [6.07, 6.45) is 4.21. The van der Waals surface area contributed by atoms with Crippen molar-refractivity contribution < 1.29 is 14.3 Å². The molecule has 3 rings (SSSR count). The van der Waals surface area contributed by atoms with E-state index >= 15 is 0 Å². The second-order valence-electron chi connectivity index (χ2n) is 7.48. The molecule has 1 saturated heterocycles. The molecule has 28 heavy (non-hydrogen) atoms. The van der Waals surface area contributed by atoms with Crippen LogP contribution in [-0.4, -0.2) is 36.0 Å². The topological polar surface area (TPSA) is 64.8 Å². The maximum absolute atomic E-state index is 12.0. The molecule has 6 nitrogen and oxygen atoms in total. The summed E-state index contributed by atoms with van der Waals surface area (Å²) >= 11 is 0. The number of aryl methyl sites for hydroxylation is 3. The summed E-state index contributed by atoms with van der Waals surface area (Å²) in [4.78, 5) is 12.0. The van der Waals surface area contributed by atoms with E-state index in [2.05, 4.69) is 41.1 Å². The lowest BCUT2D eigenvalue weighted by atomic mass is 10.1. The van der Waals surface area contributed by atoms with Crippen LogP contribution in [0, 0.1) is 27.7 Å². The van der Waals surface area contributed by atoms with E-state index in [-0.39, 0.29) is 18.6 Å². The molecule has 1 fully saturated rings. The average molecular weight is 383 g/mol. The molecule has 0 radical (unpaired) electrons. The fraction of sp³-hybridized carbons (Fsp3) is 0.455. The Kier molecular flexibility index (Phi) is 6.52. The van der Waals surface area contributed by atoms with Crippen molar-refractivity contribution in [3.05, 3.63) is 52.3 Å². The predicted octanol–water partition coefficient (Wildman–Crippen LogP) is 3.43. The maximum Gasteiger partial charge on any atom is 0.277 e. The van der Waals surface area contributed by atoms with E-state index in [0.29, 0.717) is 5.75 Å². The van der Waals surface area contributed by atoms with Gasteiger partial charge in [0, 0.05) is 30.1 Å². The zero-order valence-electron chi connectivity index (χ0n) is 17.1. The number of nitrogens with zero attached hydrogens (tertiary/aromatic N) is 2. The lowest BCUT2D eigenvalue weighted by Crippen LogP contribution is -2.24. The quantitative estimate of drug-likeness (QED) is 0.588. The van der Waals surface area contributed by atoms with Crippen LogP contribution >= 0.6 is 0 Å². The van der Waals surface area contributed by atoms with Crippen LogP contribution in [-0.2, 0) is 16.1 Å². The van der Waals surface area contributed by atoms with Gasteiger partial charge in [-0.1, -0.05) is 6.07 Å². The maximum atomic E-state index is 12.0. The fourth-order valence-corrected chi connectivity index (χ4v) is 3.60. The summed E-state index contributed by atoms with van der Waals surface area (Å²) in [6.45, 7) is 9.79. The molecule has 0 unspecified atom stereocenters. The molecule has 2 aromatic rings. The van der Waals surface area contributed by atoms with Crippen molar-refractivity contribution >= 4 is 12.1 Å². The molecule has 0 bridgehead atoms. The van der Waals surface area contributed by atoms with E-state index in [9.17, 15) is 4.79 Å². The highest BCUT2D eigenvalue weighted by atomic mass is 16.5. The van der Waals surface area contributed by atoms with E-state index in [4.69, 9.17) is 9.47 Å². The molecule has 1 aromatic heterocycles. The first kappa shape index (κ1) is 20.1. The molecular weight excluding hydrogens is 354 g/mol. The van der Waals surface area contributed by atoms with Gasteiger partial charge < -0.3 is 14.0 Å². The molecule has 1 aliphatic heterocycles. The van der Waals surface area contributed by atoms with Gasteiger partial charge in [0.15, 0.2) is 6.61 Å². The molecule has 1 atom stereocenters. The van der Waals surface area contributed by atoms with Crippen LogP contribution < -0.4 is 10.2 Å². The Morgan fingerprint density at radius 2 is 2.00 bits per heavy atom. The molecule has 1 N–H and O–H groups in total. The van der Waals surface area contributed by atoms with Gasteiger partial charge >= 0.3 is 0 Å². The summed E-state index contributed by atoms with van der Waals surface area (Å²) in [7, 11) is 0. The predicted molar refractivity (Wildman–Crippen MR) is 110 cm³/mol.